The summed E-state index contributed by atoms with van der Waals surface area (Å²) in [4.78, 5) is 4.82. The molecule has 0 N–H and O–H groups in total. The maximum absolute atomic E-state index is 4.65. The highest BCUT2D eigenvalue weighted by Gasteiger charge is 2.16. The van der Waals surface area contributed by atoms with E-state index in [1.807, 2.05) is 6.21 Å². The van der Waals surface area contributed by atoms with Gasteiger partial charge in [-0.25, -0.2) is 0 Å². The van der Waals surface area contributed by atoms with E-state index in [9.17, 15) is 0 Å². The fourth-order valence-corrected chi connectivity index (χ4v) is 4.88. The van der Waals surface area contributed by atoms with Crippen LogP contribution < -0.4 is 14.8 Å². The SMILES string of the molecule is CCN(CC)c1ccc(/C=C/c2cccc(N(CC)CC)c2-c2ccccc2)c(N2CCC=N2)c1. The first kappa shape index (κ1) is 24.6. The van der Waals surface area contributed by atoms with Crippen molar-refractivity contribution in [2.24, 2.45) is 5.10 Å². The molecular weight excluding hydrogens is 428 g/mol. The summed E-state index contributed by atoms with van der Waals surface area (Å²) in [6, 6.07) is 24.2. The van der Waals surface area contributed by atoms with Gasteiger partial charge in [0, 0.05) is 62.3 Å². The Morgan fingerprint density at radius 3 is 2.14 bits per heavy atom. The first-order valence-corrected chi connectivity index (χ1v) is 13.0. The molecule has 1 heterocycles. The van der Waals surface area contributed by atoms with Crippen molar-refractivity contribution in [3.05, 3.63) is 77.9 Å². The molecule has 0 fully saturated rings. The second kappa shape index (κ2) is 11.7. The molecule has 0 bridgehead atoms. The van der Waals surface area contributed by atoms with Gasteiger partial charge >= 0.3 is 0 Å². The standard InChI is InChI=1S/C31H38N4/c1-5-33(6-2)28-21-20-25(30(24-28)35-23-13-22-32-35)18-19-27-16-12-17-29(34(7-3)8-4)31(27)26-14-10-9-11-15-26/h9-12,14-22,24H,5-8,13,23H2,1-4H3/b19-18+. The monoisotopic (exact) mass is 466 g/mol. The number of rotatable bonds is 10. The molecule has 35 heavy (non-hydrogen) atoms. The molecule has 0 unspecified atom stereocenters. The van der Waals surface area contributed by atoms with Crippen molar-refractivity contribution >= 4 is 35.4 Å². The number of benzene rings is 3. The molecule has 0 atom stereocenters. The Morgan fingerprint density at radius 2 is 1.49 bits per heavy atom. The molecule has 0 aromatic heterocycles. The van der Waals surface area contributed by atoms with Crippen molar-refractivity contribution in [1.29, 1.82) is 0 Å². The summed E-state index contributed by atoms with van der Waals surface area (Å²) in [5.74, 6) is 0. The molecule has 0 radical (unpaired) electrons. The quantitative estimate of drug-likeness (QED) is 0.290. The Kier molecular flexibility index (Phi) is 8.25. The van der Waals surface area contributed by atoms with Gasteiger partial charge in [-0.2, -0.15) is 5.10 Å². The lowest BCUT2D eigenvalue weighted by molar-refractivity contribution is 0.862. The number of nitrogens with zero attached hydrogens (tertiary/aromatic N) is 4. The van der Waals surface area contributed by atoms with Gasteiger partial charge in [0.15, 0.2) is 0 Å². The van der Waals surface area contributed by atoms with Crippen LogP contribution in [0.3, 0.4) is 0 Å². The molecule has 4 rings (SSSR count). The Balaban J connectivity index is 1.80. The lowest BCUT2D eigenvalue weighted by atomic mass is 9.96. The Morgan fingerprint density at radius 1 is 0.771 bits per heavy atom. The highest BCUT2D eigenvalue weighted by molar-refractivity contribution is 5.90. The minimum Gasteiger partial charge on any atom is -0.372 e. The molecule has 3 aromatic carbocycles. The molecule has 0 saturated carbocycles. The van der Waals surface area contributed by atoms with E-state index in [4.69, 9.17) is 0 Å². The third-order valence-electron chi connectivity index (χ3n) is 6.80. The molecule has 182 valence electrons. The molecule has 0 aliphatic carbocycles. The van der Waals surface area contributed by atoms with E-state index in [2.05, 4.69) is 126 Å². The van der Waals surface area contributed by atoms with Crippen LogP contribution in [0, 0.1) is 0 Å². The van der Waals surface area contributed by atoms with Gasteiger partial charge in [0.1, 0.15) is 0 Å². The largest absolute Gasteiger partial charge is 0.372 e. The van der Waals surface area contributed by atoms with Gasteiger partial charge in [0.05, 0.1) is 5.69 Å². The van der Waals surface area contributed by atoms with Crippen LogP contribution in [0.2, 0.25) is 0 Å². The number of hydrogen-bond donors (Lipinski definition) is 0. The first-order chi connectivity index (χ1) is 17.2. The van der Waals surface area contributed by atoms with Crippen molar-refractivity contribution in [2.75, 3.05) is 47.5 Å². The summed E-state index contributed by atoms with van der Waals surface area (Å²) < 4.78 is 0. The van der Waals surface area contributed by atoms with Crippen LogP contribution in [0.25, 0.3) is 23.3 Å². The zero-order chi connectivity index (χ0) is 24.6. The second-order valence-corrected chi connectivity index (χ2v) is 8.74. The zero-order valence-electron chi connectivity index (χ0n) is 21.6. The van der Waals surface area contributed by atoms with Gasteiger partial charge < -0.3 is 9.80 Å². The predicted molar refractivity (Wildman–Crippen MR) is 155 cm³/mol. The molecule has 0 spiro atoms. The van der Waals surface area contributed by atoms with Crippen LogP contribution in [0.5, 0.6) is 0 Å². The normalized spacial score (nSPS) is 13.1. The third-order valence-corrected chi connectivity index (χ3v) is 6.80. The fraction of sp³-hybridized carbons (Fsp3) is 0.323. The average Bonchev–Trinajstić information content (AvgIpc) is 3.45. The summed E-state index contributed by atoms with van der Waals surface area (Å²) in [6.07, 6.45) is 7.52. The van der Waals surface area contributed by atoms with Crippen molar-refractivity contribution in [3.8, 4) is 11.1 Å². The molecule has 0 amide bonds. The minimum atomic E-state index is 0.926. The predicted octanol–water partition coefficient (Wildman–Crippen LogP) is 7.41. The maximum Gasteiger partial charge on any atom is 0.0686 e. The van der Waals surface area contributed by atoms with Crippen molar-refractivity contribution in [1.82, 2.24) is 0 Å². The van der Waals surface area contributed by atoms with Crippen LogP contribution >= 0.6 is 0 Å². The van der Waals surface area contributed by atoms with Crippen LogP contribution in [-0.2, 0) is 0 Å². The highest BCUT2D eigenvalue weighted by atomic mass is 15.5. The molecule has 0 saturated heterocycles. The first-order valence-electron chi connectivity index (χ1n) is 13.0. The molecular formula is C31H38N4. The van der Waals surface area contributed by atoms with Gasteiger partial charge in [-0.1, -0.05) is 60.7 Å². The van der Waals surface area contributed by atoms with E-state index < -0.39 is 0 Å². The van der Waals surface area contributed by atoms with Gasteiger partial charge in [0.25, 0.3) is 0 Å². The minimum absolute atomic E-state index is 0.926. The smallest absolute Gasteiger partial charge is 0.0686 e. The Labute approximate surface area is 211 Å². The van der Waals surface area contributed by atoms with E-state index in [1.54, 1.807) is 0 Å². The second-order valence-electron chi connectivity index (χ2n) is 8.74. The van der Waals surface area contributed by atoms with Crippen molar-refractivity contribution in [3.63, 3.8) is 0 Å². The van der Waals surface area contributed by atoms with Crippen molar-refractivity contribution < 1.29 is 0 Å². The zero-order valence-corrected chi connectivity index (χ0v) is 21.6. The van der Waals surface area contributed by atoms with Crippen LogP contribution in [0.4, 0.5) is 17.1 Å². The van der Waals surface area contributed by atoms with Gasteiger partial charge in [0.2, 0.25) is 0 Å². The van der Waals surface area contributed by atoms with E-state index in [-0.39, 0.29) is 0 Å². The van der Waals surface area contributed by atoms with E-state index in [0.717, 1.165) is 39.1 Å². The molecule has 4 nitrogen and oxygen atoms in total. The summed E-state index contributed by atoms with van der Waals surface area (Å²) in [5, 5.41) is 6.78. The maximum atomic E-state index is 4.65. The van der Waals surface area contributed by atoms with Gasteiger partial charge in [-0.05, 0) is 62.6 Å². The van der Waals surface area contributed by atoms with Gasteiger partial charge in [-0.15, -0.1) is 0 Å². The van der Waals surface area contributed by atoms with Crippen molar-refractivity contribution in [2.45, 2.75) is 34.1 Å². The highest BCUT2D eigenvalue weighted by Crippen LogP contribution is 2.36. The van der Waals surface area contributed by atoms with E-state index in [0.29, 0.717) is 0 Å². The molecule has 4 heteroatoms. The molecule has 3 aromatic rings. The fourth-order valence-electron chi connectivity index (χ4n) is 4.88. The molecule has 1 aliphatic heterocycles. The number of hydrogen-bond acceptors (Lipinski definition) is 4. The lowest BCUT2D eigenvalue weighted by Gasteiger charge is -2.26. The lowest BCUT2D eigenvalue weighted by Crippen LogP contribution is -2.22. The van der Waals surface area contributed by atoms with E-state index in [1.165, 1.54) is 39.3 Å². The van der Waals surface area contributed by atoms with Crippen LogP contribution in [-0.4, -0.2) is 38.9 Å². The third kappa shape index (κ3) is 5.43. The summed E-state index contributed by atoms with van der Waals surface area (Å²) in [7, 11) is 0. The Hall–Kier alpha value is -3.53. The van der Waals surface area contributed by atoms with E-state index >= 15 is 0 Å². The summed E-state index contributed by atoms with van der Waals surface area (Å²) in [5.41, 5.74) is 8.64. The number of anilines is 3. The average molecular weight is 467 g/mol. The van der Waals surface area contributed by atoms with Crippen LogP contribution in [0.1, 0.15) is 45.2 Å². The van der Waals surface area contributed by atoms with Crippen LogP contribution in [0.15, 0.2) is 71.8 Å². The van der Waals surface area contributed by atoms with Gasteiger partial charge in [-0.3, -0.25) is 5.01 Å². The summed E-state index contributed by atoms with van der Waals surface area (Å²) in [6.45, 7) is 13.7. The Bertz CT molecular complexity index is 1160. The molecule has 1 aliphatic rings. The number of hydrazone groups is 1. The summed E-state index contributed by atoms with van der Waals surface area (Å²) >= 11 is 0. The topological polar surface area (TPSA) is 22.1 Å².